The third-order valence-corrected chi connectivity index (χ3v) is 3.48. The largest absolute Gasteiger partial charge is 0.480 e. The first-order valence-electron chi connectivity index (χ1n) is 6.15. The molecule has 1 unspecified atom stereocenters. The molecule has 0 fully saturated rings. The fourth-order valence-electron chi connectivity index (χ4n) is 2.69. The van der Waals surface area contributed by atoms with Gasteiger partial charge in [-0.25, -0.2) is 0 Å². The molecule has 1 atom stereocenters. The molecular formula is C14H19NO2. The highest BCUT2D eigenvalue weighted by atomic mass is 16.4. The summed E-state index contributed by atoms with van der Waals surface area (Å²) in [6.07, 6.45) is 2.09. The quantitative estimate of drug-likeness (QED) is 0.868. The van der Waals surface area contributed by atoms with E-state index in [0.29, 0.717) is 0 Å². The second-order valence-electron chi connectivity index (χ2n) is 4.91. The van der Waals surface area contributed by atoms with Gasteiger partial charge in [0.2, 0.25) is 0 Å². The summed E-state index contributed by atoms with van der Waals surface area (Å²) in [5.74, 6) is -0.747. The summed E-state index contributed by atoms with van der Waals surface area (Å²) in [6.45, 7) is 4.24. The van der Waals surface area contributed by atoms with Crippen LogP contribution < -0.4 is 0 Å². The van der Waals surface area contributed by atoms with E-state index in [1.54, 1.807) is 0 Å². The number of fused-ring (bicyclic) bond motifs is 1. The van der Waals surface area contributed by atoms with E-state index in [4.69, 9.17) is 5.11 Å². The lowest BCUT2D eigenvalue weighted by atomic mass is 10.1. The van der Waals surface area contributed by atoms with Gasteiger partial charge in [0, 0.05) is 12.1 Å². The minimum atomic E-state index is -0.747. The Balaban J connectivity index is 2.24. The molecule has 1 aromatic carbocycles. The van der Waals surface area contributed by atoms with Gasteiger partial charge in [-0.05, 0) is 37.8 Å². The van der Waals surface area contributed by atoms with Gasteiger partial charge in [-0.3, -0.25) is 9.69 Å². The maximum Gasteiger partial charge on any atom is 0.317 e. The van der Waals surface area contributed by atoms with Crippen LogP contribution in [0.1, 0.15) is 37.4 Å². The van der Waals surface area contributed by atoms with Crippen LogP contribution in [0.3, 0.4) is 0 Å². The molecule has 1 aromatic rings. The molecule has 0 saturated heterocycles. The predicted molar refractivity (Wildman–Crippen MR) is 67.0 cm³/mol. The fraction of sp³-hybridized carbons (Fsp3) is 0.500. The maximum absolute atomic E-state index is 10.9. The van der Waals surface area contributed by atoms with Gasteiger partial charge in [0.1, 0.15) is 0 Å². The third-order valence-electron chi connectivity index (χ3n) is 3.48. The molecule has 3 heteroatoms. The molecule has 1 N–H and O–H groups in total. The zero-order chi connectivity index (χ0) is 12.4. The van der Waals surface area contributed by atoms with Gasteiger partial charge in [-0.2, -0.15) is 0 Å². The second kappa shape index (κ2) is 4.88. The Labute approximate surface area is 102 Å². The standard InChI is InChI=1S/C14H19NO2/c1-10(2)15(9-14(16)17)13-8-7-11-5-3-4-6-12(11)13/h3-6,10,13H,7-9H2,1-2H3,(H,16,17). The molecule has 0 aliphatic heterocycles. The van der Waals surface area contributed by atoms with Crippen molar-refractivity contribution in [3.8, 4) is 0 Å². The molecule has 0 saturated carbocycles. The lowest BCUT2D eigenvalue weighted by Gasteiger charge is -2.31. The number of benzene rings is 1. The Morgan fingerprint density at radius 2 is 2.18 bits per heavy atom. The zero-order valence-corrected chi connectivity index (χ0v) is 10.4. The normalized spacial score (nSPS) is 18.7. The van der Waals surface area contributed by atoms with E-state index in [9.17, 15) is 4.79 Å². The van der Waals surface area contributed by atoms with Crippen molar-refractivity contribution in [3.63, 3.8) is 0 Å². The SMILES string of the molecule is CC(C)N(CC(=O)O)C1CCc2ccccc21. The Morgan fingerprint density at radius 3 is 2.82 bits per heavy atom. The highest BCUT2D eigenvalue weighted by molar-refractivity contribution is 5.69. The van der Waals surface area contributed by atoms with Crippen LogP contribution in [-0.2, 0) is 11.2 Å². The van der Waals surface area contributed by atoms with E-state index in [2.05, 4.69) is 36.9 Å². The Morgan fingerprint density at radius 1 is 1.47 bits per heavy atom. The first kappa shape index (κ1) is 12.1. The summed E-state index contributed by atoms with van der Waals surface area (Å²) in [6, 6.07) is 8.89. The number of carboxylic acid groups (broad SMARTS) is 1. The second-order valence-corrected chi connectivity index (χ2v) is 4.91. The molecule has 3 nitrogen and oxygen atoms in total. The molecule has 1 aliphatic rings. The topological polar surface area (TPSA) is 40.5 Å². The summed E-state index contributed by atoms with van der Waals surface area (Å²) in [4.78, 5) is 13.0. The highest BCUT2D eigenvalue weighted by Gasteiger charge is 2.30. The van der Waals surface area contributed by atoms with Gasteiger partial charge in [0.05, 0.1) is 6.54 Å². The van der Waals surface area contributed by atoms with E-state index in [1.807, 2.05) is 6.07 Å². The van der Waals surface area contributed by atoms with Gasteiger partial charge in [0.25, 0.3) is 0 Å². The first-order valence-corrected chi connectivity index (χ1v) is 6.15. The summed E-state index contributed by atoms with van der Waals surface area (Å²) >= 11 is 0. The Kier molecular flexibility index (Phi) is 3.48. The van der Waals surface area contributed by atoms with Gasteiger partial charge in [-0.15, -0.1) is 0 Å². The highest BCUT2D eigenvalue weighted by Crippen LogP contribution is 2.36. The molecule has 0 radical (unpaired) electrons. The molecule has 0 spiro atoms. The molecule has 17 heavy (non-hydrogen) atoms. The van der Waals surface area contributed by atoms with Gasteiger partial charge < -0.3 is 5.11 Å². The van der Waals surface area contributed by atoms with E-state index >= 15 is 0 Å². The summed E-state index contributed by atoms with van der Waals surface area (Å²) < 4.78 is 0. The molecule has 1 aliphatic carbocycles. The number of hydrogen-bond donors (Lipinski definition) is 1. The van der Waals surface area contributed by atoms with Gasteiger partial charge in [0.15, 0.2) is 0 Å². The molecule has 0 bridgehead atoms. The Bertz CT molecular complexity index is 414. The smallest absolute Gasteiger partial charge is 0.317 e. The molecule has 92 valence electrons. The van der Waals surface area contributed by atoms with Crippen LogP contribution in [0.15, 0.2) is 24.3 Å². The third kappa shape index (κ3) is 2.50. The average Bonchev–Trinajstić information content (AvgIpc) is 2.69. The van der Waals surface area contributed by atoms with E-state index in [1.165, 1.54) is 11.1 Å². The minimum Gasteiger partial charge on any atom is -0.480 e. The van der Waals surface area contributed by atoms with Crippen LogP contribution >= 0.6 is 0 Å². The van der Waals surface area contributed by atoms with Crippen molar-refractivity contribution < 1.29 is 9.90 Å². The lowest BCUT2D eigenvalue weighted by Crippen LogP contribution is -2.38. The first-order chi connectivity index (χ1) is 8.09. The number of aryl methyl sites for hydroxylation is 1. The number of nitrogens with zero attached hydrogens (tertiary/aromatic N) is 1. The molecular weight excluding hydrogens is 214 g/mol. The van der Waals surface area contributed by atoms with Crippen LogP contribution in [0.2, 0.25) is 0 Å². The van der Waals surface area contributed by atoms with Crippen LogP contribution in [0.25, 0.3) is 0 Å². The van der Waals surface area contributed by atoms with Crippen LogP contribution in [0.4, 0.5) is 0 Å². The van der Waals surface area contributed by atoms with Gasteiger partial charge >= 0.3 is 5.97 Å². The Hall–Kier alpha value is -1.35. The van der Waals surface area contributed by atoms with Crippen LogP contribution in [-0.4, -0.2) is 28.6 Å². The summed E-state index contributed by atoms with van der Waals surface area (Å²) in [5, 5.41) is 9.00. The molecule has 0 aromatic heterocycles. The van der Waals surface area contributed by atoms with Crippen molar-refractivity contribution in [2.75, 3.05) is 6.54 Å². The van der Waals surface area contributed by atoms with E-state index in [-0.39, 0.29) is 18.6 Å². The van der Waals surface area contributed by atoms with E-state index in [0.717, 1.165) is 12.8 Å². The number of aliphatic carboxylic acids is 1. The zero-order valence-electron chi connectivity index (χ0n) is 10.4. The molecule has 0 amide bonds. The molecule has 0 heterocycles. The summed E-state index contributed by atoms with van der Waals surface area (Å²) in [7, 11) is 0. The molecule has 2 rings (SSSR count). The van der Waals surface area contributed by atoms with E-state index < -0.39 is 5.97 Å². The maximum atomic E-state index is 10.9. The number of carbonyl (C=O) groups is 1. The number of hydrogen-bond acceptors (Lipinski definition) is 2. The van der Waals surface area contributed by atoms with Crippen molar-refractivity contribution in [3.05, 3.63) is 35.4 Å². The van der Waals surface area contributed by atoms with Crippen molar-refractivity contribution in [1.82, 2.24) is 4.90 Å². The number of rotatable bonds is 4. The van der Waals surface area contributed by atoms with Crippen molar-refractivity contribution in [2.24, 2.45) is 0 Å². The minimum absolute atomic E-state index is 0.122. The van der Waals surface area contributed by atoms with Crippen molar-refractivity contribution in [2.45, 2.75) is 38.8 Å². The monoisotopic (exact) mass is 233 g/mol. The lowest BCUT2D eigenvalue weighted by molar-refractivity contribution is -0.139. The predicted octanol–water partition coefficient (Wildman–Crippen LogP) is 2.47. The van der Waals surface area contributed by atoms with Crippen LogP contribution in [0, 0.1) is 0 Å². The van der Waals surface area contributed by atoms with Crippen molar-refractivity contribution in [1.29, 1.82) is 0 Å². The van der Waals surface area contributed by atoms with Crippen molar-refractivity contribution >= 4 is 5.97 Å². The average molecular weight is 233 g/mol. The van der Waals surface area contributed by atoms with Gasteiger partial charge in [-0.1, -0.05) is 24.3 Å². The van der Waals surface area contributed by atoms with Crippen LogP contribution in [0.5, 0.6) is 0 Å². The summed E-state index contributed by atoms with van der Waals surface area (Å²) in [5.41, 5.74) is 2.68. The fourth-order valence-corrected chi connectivity index (χ4v) is 2.69. The number of carboxylic acids is 1.